The number of cyclic esters (lactones) is 3. The van der Waals surface area contributed by atoms with Crippen LogP contribution in [0.25, 0.3) is 0 Å². The number of hydrogen-bond donors (Lipinski definition) is 0. The van der Waals surface area contributed by atoms with E-state index in [9.17, 15) is 14.4 Å². The standard InChI is InChI=1S/C20H28O5/c1-9-10(2)13-7-12(9)11(3)16(13)17-14(18(22)24-19(17)23)8-20(4)6-5-15(21)25-20/h9-14,16-17H,5-8H2,1-4H3. The van der Waals surface area contributed by atoms with E-state index >= 15 is 0 Å². The van der Waals surface area contributed by atoms with Crippen molar-refractivity contribution in [1.82, 2.24) is 0 Å². The first-order valence-corrected chi connectivity index (χ1v) is 9.69. The molecule has 4 rings (SSSR count). The van der Waals surface area contributed by atoms with Gasteiger partial charge in [0.1, 0.15) is 5.60 Å². The van der Waals surface area contributed by atoms with Gasteiger partial charge in [-0.1, -0.05) is 20.8 Å². The molecule has 9 atom stereocenters. The van der Waals surface area contributed by atoms with E-state index in [0.717, 1.165) is 6.42 Å². The molecule has 9 unspecified atom stereocenters. The second-order valence-corrected chi connectivity index (χ2v) is 9.22. The largest absolute Gasteiger partial charge is 0.459 e. The van der Waals surface area contributed by atoms with Gasteiger partial charge in [-0.15, -0.1) is 0 Å². The van der Waals surface area contributed by atoms with Gasteiger partial charge in [-0.3, -0.25) is 14.4 Å². The fourth-order valence-electron chi connectivity index (χ4n) is 6.53. The first-order valence-electron chi connectivity index (χ1n) is 9.69. The first kappa shape index (κ1) is 17.0. The molecule has 0 aromatic carbocycles. The Morgan fingerprint density at radius 3 is 2.28 bits per heavy atom. The molecule has 2 aliphatic carbocycles. The van der Waals surface area contributed by atoms with Crippen LogP contribution in [-0.4, -0.2) is 23.5 Å². The van der Waals surface area contributed by atoms with Crippen molar-refractivity contribution in [3.63, 3.8) is 0 Å². The molecule has 4 fully saturated rings. The highest BCUT2D eigenvalue weighted by molar-refractivity contribution is 5.96. The molecule has 0 aromatic rings. The number of fused-ring (bicyclic) bond motifs is 2. The van der Waals surface area contributed by atoms with E-state index in [-0.39, 0.29) is 23.8 Å². The molecule has 5 heteroatoms. The summed E-state index contributed by atoms with van der Waals surface area (Å²) in [6.07, 6.45) is 2.55. The van der Waals surface area contributed by atoms with E-state index in [1.807, 2.05) is 6.92 Å². The Kier molecular flexibility index (Phi) is 3.79. The molecule has 138 valence electrons. The van der Waals surface area contributed by atoms with E-state index in [0.29, 0.717) is 48.9 Å². The van der Waals surface area contributed by atoms with Crippen LogP contribution in [0.4, 0.5) is 0 Å². The minimum atomic E-state index is -0.649. The van der Waals surface area contributed by atoms with Crippen LogP contribution in [-0.2, 0) is 23.9 Å². The molecular weight excluding hydrogens is 320 g/mol. The summed E-state index contributed by atoms with van der Waals surface area (Å²) in [5, 5.41) is 0. The second-order valence-electron chi connectivity index (χ2n) is 9.22. The van der Waals surface area contributed by atoms with E-state index in [2.05, 4.69) is 20.8 Å². The highest BCUT2D eigenvalue weighted by atomic mass is 16.6. The normalized spacial score (nSPS) is 51.9. The minimum Gasteiger partial charge on any atom is -0.459 e. The fraction of sp³-hybridized carbons (Fsp3) is 0.850. The second kappa shape index (κ2) is 5.55. The smallest absolute Gasteiger partial charge is 0.317 e. The quantitative estimate of drug-likeness (QED) is 0.579. The van der Waals surface area contributed by atoms with Crippen LogP contribution in [0.3, 0.4) is 0 Å². The van der Waals surface area contributed by atoms with Crippen LogP contribution >= 0.6 is 0 Å². The molecule has 0 aromatic heterocycles. The lowest BCUT2D eigenvalue weighted by molar-refractivity contribution is -0.156. The molecule has 4 aliphatic rings. The summed E-state index contributed by atoms with van der Waals surface area (Å²) < 4.78 is 10.6. The number of carbonyl (C=O) groups is 3. The van der Waals surface area contributed by atoms with Gasteiger partial charge in [0.05, 0.1) is 11.8 Å². The van der Waals surface area contributed by atoms with Crippen LogP contribution in [0.15, 0.2) is 0 Å². The molecule has 2 aliphatic heterocycles. The Bertz CT molecular complexity index is 628. The Balaban J connectivity index is 1.60. The van der Waals surface area contributed by atoms with Crippen LogP contribution in [0.5, 0.6) is 0 Å². The molecule has 0 amide bonds. The van der Waals surface area contributed by atoms with Crippen molar-refractivity contribution in [1.29, 1.82) is 0 Å². The molecule has 0 spiro atoms. The number of ether oxygens (including phenoxy) is 2. The summed E-state index contributed by atoms with van der Waals surface area (Å²) in [6, 6.07) is 0. The molecule has 2 saturated carbocycles. The van der Waals surface area contributed by atoms with Crippen molar-refractivity contribution in [2.45, 2.75) is 59.0 Å². The Morgan fingerprint density at radius 2 is 1.68 bits per heavy atom. The van der Waals surface area contributed by atoms with E-state index < -0.39 is 17.5 Å². The maximum atomic E-state index is 12.6. The van der Waals surface area contributed by atoms with Crippen LogP contribution in [0.2, 0.25) is 0 Å². The molecular formula is C20H28O5. The van der Waals surface area contributed by atoms with Gasteiger partial charge in [-0.25, -0.2) is 0 Å². The zero-order chi connectivity index (χ0) is 18.1. The zero-order valence-electron chi connectivity index (χ0n) is 15.5. The third-order valence-electron chi connectivity index (χ3n) is 8.00. The third-order valence-corrected chi connectivity index (χ3v) is 8.00. The zero-order valence-corrected chi connectivity index (χ0v) is 15.5. The predicted octanol–water partition coefficient (Wildman–Crippen LogP) is 2.96. The van der Waals surface area contributed by atoms with E-state index in [4.69, 9.17) is 9.47 Å². The average Bonchev–Trinajstić information content (AvgIpc) is 3.20. The van der Waals surface area contributed by atoms with Gasteiger partial charge >= 0.3 is 17.9 Å². The molecule has 5 nitrogen and oxygen atoms in total. The summed E-state index contributed by atoms with van der Waals surface area (Å²) >= 11 is 0. The number of esters is 3. The SMILES string of the molecule is CC1C(C)C2CC1C(C)C2C1C(=O)OC(=O)C1CC1(C)CCC(=O)O1. The van der Waals surface area contributed by atoms with Crippen molar-refractivity contribution < 1.29 is 23.9 Å². The van der Waals surface area contributed by atoms with Gasteiger partial charge in [0.2, 0.25) is 0 Å². The highest BCUT2D eigenvalue weighted by Gasteiger charge is 2.61. The number of carbonyl (C=O) groups excluding carboxylic acids is 3. The number of rotatable bonds is 3. The third kappa shape index (κ3) is 2.45. The lowest BCUT2D eigenvalue weighted by Crippen LogP contribution is -2.41. The highest BCUT2D eigenvalue weighted by Crippen LogP contribution is 2.62. The maximum absolute atomic E-state index is 12.6. The van der Waals surface area contributed by atoms with Gasteiger partial charge in [-0.05, 0) is 55.3 Å². The fourth-order valence-corrected chi connectivity index (χ4v) is 6.53. The lowest BCUT2D eigenvalue weighted by Gasteiger charge is -2.40. The monoisotopic (exact) mass is 348 g/mol. The summed E-state index contributed by atoms with van der Waals surface area (Å²) in [6.45, 7) is 8.71. The Hall–Kier alpha value is -1.39. The Morgan fingerprint density at radius 1 is 1.00 bits per heavy atom. The van der Waals surface area contributed by atoms with Crippen molar-refractivity contribution in [3.05, 3.63) is 0 Å². The molecule has 2 bridgehead atoms. The van der Waals surface area contributed by atoms with Crippen LogP contribution in [0.1, 0.15) is 53.4 Å². The van der Waals surface area contributed by atoms with Gasteiger partial charge in [-0.2, -0.15) is 0 Å². The van der Waals surface area contributed by atoms with Gasteiger partial charge in [0.25, 0.3) is 0 Å². The van der Waals surface area contributed by atoms with Crippen molar-refractivity contribution in [2.75, 3.05) is 0 Å². The van der Waals surface area contributed by atoms with Gasteiger partial charge in [0, 0.05) is 12.8 Å². The van der Waals surface area contributed by atoms with E-state index in [1.165, 1.54) is 0 Å². The summed E-state index contributed by atoms with van der Waals surface area (Å²) in [4.78, 5) is 36.6. The molecule has 0 radical (unpaired) electrons. The summed E-state index contributed by atoms with van der Waals surface area (Å²) in [5.41, 5.74) is -0.649. The topological polar surface area (TPSA) is 69.7 Å². The number of hydrogen-bond acceptors (Lipinski definition) is 5. The minimum absolute atomic E-state index is 0.209. The van der Waals surface area contributed by atoms with Crippen molar-refractivity contribution >= 4 is 17.9 Å². The molecule has 2 saturated heterocycles. The van der Waals surface area contributed by atoms with E-state index in [1.54, 1.807) is 0 Å². The van der Waals surface area contributed by atoms with Gasteiger partial charge < -0.3 is 9.47 Å². The van der Waals surface area contributed by atoms with Crippen LogP contribution < -0.4 is 0 Å². The van der Waals surface area contributed by atoms with Gasteiger partial charge in [0.15, 0.2) is 0 Å². The molecule has 25 heavy (non-hydrogen) atoms. The first-order chi connectivity index (χ1) is 11.7. The predicted molar refractivity (Wildman–Crippen MR) is 89.0 cm³/mol. The van der Waals surface area contributed by atoms with Crippen molar-refractivity contribution in [2.24, 2.45) is 47.3 Å². The van der Waals surface area contributed by atoms with Crippen molar-refractivity contribution in [3.8, 4) is 0 Å². The Labute approximate surface area is 148 Å². The lowest BCUT2D eigenvalue weighted by atomic mass is 9.63. The average molecular weight is 348 g/mol. The summed E-state index contributed by atoms with van der Waals surface area (Å²) in [5.74, 6) is 1.18. The molecule has 0 N–H and O–H groups in total. The van der Waals surface area contributed by atoms with Crippen LogP contribution in [0, 0.1) is 47.3 Å². The maximum Gasteiger partial charge on any atom is 0.317 e. The molecule has 2 heterocycles. The summed E-state index contributed by atoms with van der Waals surface area (Å²) in [7, 11) is 0.